The molecule has 1 aromatic heterocycles. The molecule has 0 aliphatic carbocycles. The van der Waals surface area contributed by atoms with Gasteiger partial charge < -0.3 is 24.3 Å². The summed E-state index contributed by atoms with van der Waals surface area (Å²) in [5.74, 6) is 2.32. The maximum absolute atomic E-state index is 12.9. The van der Waals surface area contributed by atoms with Crippen molar-refractivity contribution in [3.8, 4) is 23.0 Å². The van der Waals surface area contributed by atoms with Crippen molar-refractivity contribution in [3.63, 3.8) is 0 Å². The van der Waals surface area contributed by atoms with Crippen LogP contribution in [0.3, 0.4) is 0 Å². The van der Waals surface area contributed by atoms with Crippen LogP contribution in [0.25, 0.3) is 10.8 Å². The van der Waals surface area contributed by atoms with Gasteiger partial charge in [0.2, 0.25) is 5.91 Å². The Morgan fingerprint density at radius 3 is 2.14 bits per heavy atom. The van der Waals surface area contributed by atoms with E-state index < -0.39 is 0 Å². The summed E-state index contributed by atoms with van der Waals surface area (Å²) in [5.41, 5.74) is 3.46. The lowest BCUT2D eigenvalue weighted by Gasteiger charge is -2.17. The molecule has 0 saturated heterocycles. The van der Waals surface area contributed by atoms with Crippen LogP contribution in [0.5, 0.6) is 23.0 Å². The number of rotatable bonds is 10. The molecule has 4 aromatic rings. The van der Waals surface area contributed by atoms with E-state index >= 15 is 0 Å². The lowest BCUT2D eigenvalue weighted by Crippen LogP contribution is -2.14. The molecule has 0 unspecified atom stereocenters. The van der Waals surface area contributed by atoms with E-state index in [0.29, 0.717) is 47.9 Å². The van der Waals surface area contributed by atoms with Crippen LogP contribution in [0.2, 0.25) is 0 Å². The number of hydrogen-bond acceptors (Lipinski definition) is 6. The molecule has 1 N–H and O–H groups in total. The Balaban J connectivity index is 1.67. The molecule has 1 amide bonds. The fourth-order valence-corrected chi connectivity index (χ4v) is 4.18. The number of nitrogens with zero attached hydrogens (tertiary/aromatic N) is 1. The van der Waals surface area contributed by atoms with Gasteiger partial charge in [0, 0.05) is 36.2 Å². The number of fused-ring (bicyclic) bond motifs is 1. The summed E-state index contributed by atoms with van der Waals surface area (Å²) in [5, 5.41) is 4.98. The highest BCUT2D eigenvalue weighted by molar-refractivity contribution is 5.93. The first-order chi connectivity index (χ1) is 17.6. The van der Waals surface area contributed by atoms with Crippen LogP contribution in [0, 0.1) is 0 Å². The van der Waals surface area contributed by atoms with Gasteiger partial charge in [-0.15, -0.1) is 0 Å². The number of aryl methyl sites for hydroxylation is 1. The molecule has 4 rings (SSSR count). The molecule has 0 bridgehead atoms. The third-order valence-electron chi connectivity index (χ3n) is 6.08. The SMILES string of the molecule is COc1cc(Cc2nccc3cc(OC)c(OC)cc23)c(NC(=O)CCc2ccccc2)cc1OC. The number of nitrogens with one attached hydrogen (secondary N) is 1. The van der Waals surface area contributed by atoms with Gasteiger partial charge in [-0.25, -0.2) is 0 Å². The fraction of sp³-hybridized carbons (Fsp3) is 0.241. The highest BCUT2D eigenvalue weighted by Crippen LogP contribution is 2.37. The predicted octanol–water partition coefficient (Wildman–Crippen LogP) is 5.43. The molecule has 0 aliphatic heterocycles. The van der Waals surface area contributed by atoms with Crippen molar-refractivity contribution in [1.29, 1.82) is 0 Å². The summed E-state index contributed by atoms with van der Waals surface area (Å²) >= 11 is 0. The molecule has 0 aliphatic rings. The molecule has 0 fully saturated rings. The van der Waals surface area contributed by atoms with E-state index in [1.165, 1.54) is 0 Å². The lowest BCUT2D eigenvalue weighted by molar-refractivity contribution is -0.116. The zero-order chi connectivity index (χ0) is 25.5. The fourth-order valence-electron chi connectivity index (χ4n) is 4.18. The van der Waals surface area contributed by atoms with Crippen LogP contribution in [0.4, 0.5) is 5.69 Å². The molecule has 0 atom stereocenters. The van der Waals surface area contributed by atoms with Gasteiger partial charge in [-0.1, -0.05) is 30.3 Å². The highest BCUT2D eigenvalue weighted by atomic mass is 16.5. The predicted molar refractivity (Wildman–Crippen MR) is 141 cm³/mol. The number of benzene rings is 3. The Morgan fingerprint density at radius 2 is 1.44 bits per heavy atom. The quantitative estimate of drug-likeness (QED) is 0.322. The van der Waals surface area contributed by atoms with Crippen LogP contribution in [0.15, 0.2) is 66.9 Å². The second-order valence-corrected chi connectivity index (χ2v) is 8.26. The van der Waals surface area contributed by atoms with Crippen LogP contribution in [-0.2, 0) is 17.6 Å². The molecule has 36 heavy (non-hydrogen) atoms. The van der Waals surface area contributed by atoms with E-state index in [0.717, 1.165) is 27.6 Å². The Labute approximate surface area is 211 Å². The maximum Gasteiger partial charge on any atom is 0.224 e. The van der Waals surface area contributed by atoms with Crippen molar-refractivity contribution in [2.45, 2.75) is 19.3 Å². The molecule has 7 nitrogen and oxygen atoms in total. The largest absolute Gasteiger partial charge is 0.493 e. The summed E-state index contributed by atoms with van der Waals surface area (Å²) in [6, 6.07) is 19.4. The average molecular weight is 487 g/mol. The molecule has 0 spiro atoms. The van der Waals surface area contributed by atoms with Gasteiger partial charge in [0.15, 0.2) is 23.0 Å². The number of pyridine rings is 1. The van der Waals surface area contributed by atoms with Crippen LogP contribution in [0.1, 0.15) is 23.2 Å². The molecule has 0 radical (unpaired) electrons. The van der Waals surface area contributed by atoms with Crippen LogP contribution < -0.4 is 24.3 Å². The average Bonchev–Trinajstić information content (AvgIpc) is 2.92. The smallest absolute Gasteiger partial charge is 0.224 e. The van der Waals surface area contributed by atoms with E-state index in [1.54, 1.807) is 40.7 Å². The number of anilines is 1. The standard InChI is InChI=1S/C29H30N2O5/c1-33-25-15-20-12-13-30-24(22(20)17-27(25)35-3)14-21-16-26(34-2)28(36-4)18-23(21)31-29(32)11-10-19-8-6-5-7-9-19/h5-9,12-13,15-18H,10-11,14H2,1-4H3,(H,31,32). The molecule has 7 heteroatoms. The van der Waals surface area contributed by atoms with Crippen LogP contribution in [-0.4, -0.2) is 39.3 Å². The van der Waals surface area contributed by atoms with Gasteiger partial charge in [0.25, 0.3) is 0 Å². The summed E-state index contributed by atoms with van der Waals surface area (Å²) in [7, 11) is 6.39. The molecule has 3 aromatic carbocycles. The normalized spacial score (nSPS) is 10.7. The van der Waals surface area contributed by atoms with Crippen molar-refractivity contribution in [2.75, 3.05) is 33.8 Å². The van der Waals surface area contributed by atoms with Crippen molar-refractivity contribution in [1.82, 2.24) is 4.98 Å². The van der Waals surface area contributed by atoms with Crippen molar-refractivity contribution < 1.29 is 23.7 Å². The number of hydrogen-bond donors (Lipinski definition) is 1. The Bertz CT molecular complexity index is 1360. The number of ether oxygens (including phenoxy) is 4. The third kappa shape index (κ3) is 5.51. The van der Waals surface area contributed by atoms with Gasteiger partial charge >= 0.3 is 0 Å². The van der Waals surface area contributed by atoms with E-state index in [-0.39, 0.29) is 5.91 Å². The first kappa shape index (κ1) is 24.9. The van der Waals surface area contributed by atoms with E-state index in [9.17, 15) is 4.79 Å². The summed E-state index contributed by atoms with van der Waals surface area (Å²) < 4.78 is 22.0. The van der Waals surface area contributed by atoms with E-state index in [4.69, 9.17) is 18.9 Å². The minimum atomic E-state index is -0.0791. The lowest BCUT2D eigenvalue weighted by atomic mass is 10.0. The van der Waals surface area contributed by atoms with Gasteiger partial charge in [-0.2, -0.15) is 0 Å². The highest BCUT2D eigenvalue weighted by Gasteiger charge is 2.17. The molecule has 186 valence electrons. The van der Waals surface area contributed by atoms with E-state index in [1.807, 2.05) is 54.6 Å². The maximum atomic E-state index is 12.9. The Morgan fingerprint density at radius 1 is 0.806 bits per heavy atom. The third-order valence-corrected chi connectivity index (χ3v) is 6.08. The van der Waals surface area contributed by atoms with Gasteiger partial charge in [0.1, 0.15) is 0 Å². The topological polar surface area (TPSA) is 78.9 Å². The number of carbonyl (C=O) groups excluding carboxylic acids is 1. The summed E-state index contributed by atoms with van der Waals surface area (Å²) in [6.45, 7) is 0. The Kier molecular flexibility index (Phi) is 7.90. The van der Waals surface area contributed by atoms with E-state index in [2.05, 4.69) is 10.3 Å². The van der Waals surface area contributed by atoms with Crippen molar-refractivity contribution in [3.05, 3.63) is 83.7 Å². The Hall–Kier alpha value is -4.26. The summed E-state index contributed by atoms with van der Waals surface area (Å²) in [6.07, 6.45) is 3.24. The molecule has 0 saturated carbocycles. The van der Waals surface area contributed by atoms with Crippen molar-refractivity contribution in [2.24, 2.45) is 0 Å². The second-order valence-electron chi connectivity index (χ2n) is 8.26. The molecular formula is C29H30N2O5. The monoisotopic (exact) mass is 486 g/mol. The van der Waals surface area contributed by atoms with Crippen molar-refractivity contribution >= 4 is 22.4 Å². The number of aromatic nitrogens is 1. The van der Waals surface area contributed by atoms with Gasteiger partial charge in [0.05, 0.1) is 34.1 Å². The first-order valence-corrected chi connectivity index (χ1v) is 11.6. The molecular weight excluding hydrogens is 456 g/mol. The minimum Gasteiger partial charge on any atom is -0.493 e. The van der Waals surface area contributed by atoms with Gasteiger partial charge in [-0.3, -0.25) is 9.78 Å². The second kappa shape index (κ2) is 11.4. The number of amides is 1. The first-order valence-electron chi connectivity index (χ1n) is 11.6. The number of methoxy groups -OCH3 is 4. The molecule has 1 heterocycles. The summed E-state index contributed by atoms with van der Waals surface area (Å²) in [4.78, 5) is 17.5. The van der Waals surface area contributed by atoms with Gasteiger partial charge in [-0.05, 0) is 47.2 Å². The zero-order valence-electron chi connectivity index (χ0n) is 21.0. The van der Waals surface area contributed by atoms with Crippen LogP contribution >= 0.6 is 0 Å². The minimum absolute atomic E-state index is 0.0791. The number of carbonyl (C=O) groups is 1. The zero-order valence-corrected chi connectivity index (χ0v) is 21.0.